The molecule has 34 heavy (non-hydrogen) atoms. The lowest BCUT2D eigenvalue weighted by Gasteiger charge is -2.29. The van der Waals surface area contributed by atoms with Gasteiger partial charge in [0.1, 0.15) is 5.82 Å². The summed E-state index contributed by atoms with van der Waals surface area (Å²) < 4.78 is 10.7. The van der Waals surface area contributed by atoms with Crippen molar-refractivity contribution in [3.05, 3.63) is 52.4 Å². The molecule has 1 aromatic heterocycles. The molecule has 1 aliphatic heterocycles. The van der Waals surface area contributed by atoms with Crippen LogP contribution in [0, 0.1) is 5.92 Å². The normalized spacial score (nSPS) is 21.5. The zero-order valence-corrected chi connectivity index (χ0v) is 20.3. The van der Waals surface area contributed by atoms with Crippen molar-refractivity contribution in [3.63, 3.8) is 0 Å². The van der Waals surface area contributed by atoms with Crippen LogP contribution in [0.1, 0.15) is 42.8 Å². The molecule has 2 fully saturated rings. The fourth-order valence-electron chi connectivity index (χ4n) is 4.43. The van der Waals surface area contributed by atoms with Gasteiger partial charge in [-0.25, -0.2) is 9.97 Å². The maximum atomic E-state index is 11.8. The van der Waals surface area contributed by atoms with E-state index >= 15 is 0 Å². The SMILES string of the molecule is COc1ccc(CCNC2CCC(Cc3nccc(/C=C4\SC(=O)NC4=O)n3)CC2)cc1OC. The minimum Gasteiger partial charge on any atom is -0.493 e. The van der Waals surface area contributed by atoms with Crippen molar-refractivity contribution in [2.45, 2.75) is 44.6 Å². The van der Waals surface area contributed by atoms with Crippen LogP contribution in [0.2, 0.25) is 0 Å². The summed E-state index contributed by atoms with van der Waals surface area (Å²) in [5, 5.41) is 5.61. The van der Waals surface area contributed by atoms with E-state index in [0.29, 0.717) is 22.6 Å². The number of hydrogen-bond acceptors (Lipinski definition) is 8. The van der Waals surface area contributed by atoms with E-state index in [1.807, 2.05) is 12.1 Å². The second-order valence-electron chi connectivity index (χ2n) is 8.57. The molecule has 2 amide bonds. The maximum absolute atomic E-state index is 11.8. The van der Waals surface area contributed by atoms with Crippen LogP contribution in [-0.2, 0) is 17.6 Å². The number of rotatable bonds is 9. The Morgan fingerprint density at radius 3 is 2.62 bits per heavy atom. The number of amides is 2. The van der Waals surface area contributed by atoms with Crippen LogP contribution in [0.4, 0.5) is 4.79 Å². The first-order chi connectivity index (χ1) is 16.5. The molecule has 180 valence electrons. The third-order valence-electron chi connectivity index (χ3n) is 6.26. The van der Waals surface area contributed by atoms with E-state index in [-0.39, 0.29) is 11.1 Å². The number of carbonyl (C=O) groups is 2. The van der Waals surface area contributed by atoms with Gasteiger partial charge in [-0.2, -0.15) is 0 Å². The summed E-state index contributed by atoms with van der Waals surface area (Å²) in [7, 11) is 3.31. The molecule has 0 bridgehead atoms. The van der Waals surface area contributed by atoms with Crippen LogP contribution in [0.25, 0.3) is 6.08 Å². The maximum Gasteiger partial charge on any atom is 0.290 e. The lowest BCUT2D eigenvalue weighted by molar-refractivity contribution is -0.115. The fraction of sp³-hybridized carbons (Fsp3) is 0.440. The highest BCUT2D eigenvalue weighted by Gasteiger charge is 2.25. The van der Waals surface area contributed by atoms with Gasteiger partial charge in [-0.3, -0.25) is 14.9 Å². The Kier molecular flexibility index (Phi) is 8.18. The fourth-order valence-corrected chi connectivity index (χ4v) is 5.10. The molecule has 0 atom stereocenters. The molecule has 4 rings (SSSR count). The van der Waals surface area contributed by atoms with Crippen molar-refractivity contribution in [3.8, 4) is 11.5 Å². The van der Waals surface area contributed by atoms with Crippen LogP contribution < -0.4 is 20.1 Å². The summed E-state index contributed by atoms with van der Waals surface area (Å²) in [4.78, 5) is 32.5. The lowest BCUT2D eigenvalue weighted by Crippen LogP contribution is -2.35. The van der Waals surface area contributed by atoms with Crippen molar-refractivity contribution in [2.24, 2.45) is 5.92 Å². The molecular weight excluding hydrogens is 452 g/mol. The molecule has 2 N–H and O–H groups in total. The summed E-state index contributed by atoms with van der Waals surface area (Å²) in [5.74, 6) is 2.49. The molecule has 9 heteroatoms. The van der Waals surface area contributed by atoms with Gasteiger partial charge in [-0.15, -0.1) is 0 Å². The van der Waals surface area contributed by atoms with Crippen LogP contribution in [0.15, 0.2) is 35.4 Å². The van der Waals surface area contributed by atoms with E-state index in [0.717, 1.165) is 74.2 Å². The Bertz CT molecular complexity index is 1070. The van der Waals surface area contributed by atoms with Gasteiger partial charge >= 0.3 is 0 Å². The van der Waals surface area contributed by atoms with Crippen molar-refractivity contribution < 1.29 is 19.1 Å². The molecular formula is C25H30N4O4S. The topological polar surface area (TPSA) is 102 Å². The quantitative estimate of drug-likeness (QED) is 0.521. The largest absolute Gasteiger partial charge is 0.493 e. The molecule has 2 aliphatic rings. The summed E-state index contributed by atoms with van der Waals surface area (Å²) in [6.07, 6.45) is 9.68. The standard InChI is InChI=1S/C25H30N4O4S/c1-32-20-8-5-17(13-21(20)33-2)9-11-26-18-6-3-16(4-7-18)14-23-27-12-10-19(28-23)15-22-24(30)29-25(31)34-22/h5,8,10,12-13,15-16,18,26H,3-4,6-7,9,11,14H2,1-2H3,(H,29,30,31)/b22-15-. The second-order valence-corrected chi connectivity index (χ2v) is 9.58. The Hall–Kier alpha value is -2.91. The number of nitrogens with one attached hydrogen (secondary N) is 2. The zero-order valence-electron chi connectivity index (χ0n) is 19.5. The first-order valence-corrected chi connectivity index (χ1v) is 12.4. The molecule has 1 aromatic carbocycles. The first kappa shape index (κ1) is 24.2. The van der Waals surface area contributed by atoms with Gasteiger partial charge in [-0.05, 0) is 86.2 Å². The number of carbonyl (C=O) groups excluding carboxylic acids is 2. The third kappa shape index (κ3) is 6.36. The number of aromatic nitrogens is 2. The number of thioether (sulfide) groups is 1. The summed E-state index contributed by atoms with van der Waals surface area (Å²) >= 11 is 0.901. The number of hydrogen-bond donors (Lipinski definition) is 2. The number of methoxy groups -OCH3 is 2. The van der Waals surface area contributed by atoms with E-state index in [9.17, 15) is 9.59 Å². The Balaban J connectivity index is 1.22. The average Bonchev–Trinajstić information content (AvgIpc) is 3.16. The first-order valence-electron chi connectivity index (χ1n) is 11.5. The summed E-state index contributed by atoms with van der Waals surface area (Å²) in [6, 6.07) is 8.36. The molecule has 2 heterocycles. The van der Waals surface area contributed by atoms with E-state index in [4.69, 9.17) is 9.47 Å². The van der Waals surface area contributed by atoms with E-state index in [1.54, 1.807) is 32.6 Å². The molecule has 1 saturated heterocycles. The number of imide groups is 1. The van der Waals surface area contributed by atoms with Crippen LogP contribution in [-0.4, -0.2) is 47.9 Å². The van der Waals surface area contributed by atoms with Crippen molar-refractivity contribution in [1.82, 2.24) is 20.6 Å². The van der Waals surface area contributed by atoms with Crippen LogP contribution >= 0.6 is 11.8 Å². The van der Waals surface area contributed by atoms with Crippen molar-refractivity contribution in [1.29, 1.82) is 0 Å². The number of benzene rings is 1. The van der Waals surface area contributed by atoms with E-state index < -0.39 is 0 Å². The number of nitrogens with zero attached hydrogens (tertiary/aromatic N) is 2. The second kappa shape index (κ2) is 11.5. The molecule has 1 saturated carbocycles. The molecule has 0 radical (unpaired) electrons. The monoisotopic (exact) mass is 482 g/mol. The smallest absolute Gasteiger partial charge is 0.290 e. The van der Waals surface area contributed by atoms with Gasteiger partial charge < -0.3 is 14.8 Å². The van der Waals surface area contributed by atoms with Crippen molar-refractivity contribution in [2.75, 3.05) is 20.8 Å². The minimum atomic E-state index is -0.368. The molecule has 0 spiro atoms. The Morgan fingerprint density at radius 2 is 1.91 bits per heavy atom. The van der Waals surface area contributed by atoms with E-state index in [1.165, 1.54) is 5.56 Å². The van der Waals surface area contributed by atoms with Gasteiger partial charge in [0.25, 0.3) is 11.1 Å². The van der Waals surface area contributed by atoms with Gasteiger partial charge in [-0.1, -0.05) is 6.07 Å². The molecule has 1 aliphatic carbocycles. The highest BCUT2D eigenvalue weighted by Crippen LogP contribution is 2.29. The van der Waals surface area contributed by atoms with E-state index in [2.05, 4.69) is 26.7 Å². The number of ether oxygens (including phenoxy) is 2. The van der Waals surface area contributed by atoms with Gasteiger partial charge in [0, 0.05) is 18.7 Å². The van der Waals surface area contributed by atoms with Gasteiger partial charge in [0.15, 0.2) is 11.5 Å². The Labute approximate surface area is 203 Å². The van der Waals surface area contributed by atoms with Gasteiger partial charge in [0.05, 0.1) is 24.8 Å². The Morgan fingerprint density at radius 1 is 1.12 bits per heavy atom. The highest BCUT2D eigenvalue weighted by atomic mass is 32.2. The predicted molar refractivity (Wildman–Crippen MR) is 132 cm³/mol. The molecule has 8 nitrogen and oxygen atoms in total. The van der Waals surface area contributed by atoms with Gasteiger partial charge in [0.2, 0.25) is 0 Å². The summed E-state index contributed by atoms with van der Waals surface area (Å²) in [6.45, 7) is 0.929. The minimum absolute atomic E-state index is 0.348. The van der Waals surface area contributed by atoms with Crippen LogP contribution in [0.5, 0.6) is 11.5 Å². The zero-order chi connectivity index (χ0) is 23.9. The average molecular weight is 483 g/mol. The van der Waals surface area contributed by atoms with Crippen LogP contribution in [0.3, 0.4) is 0 Å². The molecule has 0 unspecified atom stereocenters. The highest BCUT2D eigenvalue weighted by molar-refractivity contribution is 8.18. The summed E-state index contributed by atoms with van der Waals surface area (Å²) in [5.41, 5.74) is 1.88. The molecule has 2 aromatic rings. The lowest BCUT2D eigenvalue weighted by atomic mass is 9.84. The van der Waals surface area contributed by atoms with Crippen molar-refractivity contribution >= 4 is 29.0 Å². The predicted octanol–water partition coefficient (Wildman–Crippen LogP) is 3.75. The third-order valence-corrected chi connectivity index (χ3v) is 7.07.